The fraction of sp³-hybridized carbons (Fsp3) is 0.500. The van der Waals surface area contributed by atoms with Crippen molar-refractivity contribution in [1.82, 2.24) is 9.88 Å². The highest BCUT2D eigenvalue weighted by Crippen LogP contribution is 2.11. The van der Waals surface area contributed by atoms with Crippen LogP contribution >= 0.6 is 0 Å². The predicted molar refractivity (Wildman–Crippen MR) is 76.8 cm³/mol. The van der Waals surface area contributed by atoms with Crippen molar-refractivity contribution in [2.24, 2.45) is 0 Å². The third-order valence-corrected chi connectivity index (χ3v) is 2.88. The summed E-state index contributed by atoms with van der Waals surface area (Å²) in [5.41, 5.74) is 0.473. The lowest BCUT2D eigenvalue weighted by molar-refractivity contribution is -0.138. The molecule has 6 heteroatoms. The van der Waals surface area contributed by atoms with Gasteiger partial charge in [-0.2, -0.15) is 0 Å². The summed E-state index contributed by atoms with van der Waals surface area (Å²) in [4.78, 5) is 28.4. The van der Waals surface area contributed by atoms with Crippen LogP contribution in [-0.4, -0.2) is 47.0 Å². The minimum Gasteiger partial charge on any atom is -0.480 e. The van der Waals surface area contributed by atoms with Gasteiger partial charge in [0.15, 0.2) is 0 Å². The number of hydrogen-bond acceptors (Lipinski definition) is 4. The summed E-state index contributed by atoms with van der Waals surface area (Å²) in [7, 11) is 3.33. The number of rotatable bonds is 7. The summed E-state index contributed by atoms with van der Waals surface area (Å²) < 4.78 is 0. The Kier molecular flexibility index (Phi) is 5.96. The number of carbonyl (C=O) groups excluding carboxylic acids is 1. The van der Waals surface area contributed by atoms with E-state index in [9.17, 15) is 9.59 Å². The first kappa shape index (κ1) is 15.9. The summed E-state index contributed by atoms with van der Waals surface area (Å²) in [6, 6.07) is 2.60. The highest BCUT2D eigenvalue weighted by Gasteiger charge is 2.17. The van der Waals surface area contributed by atoms with Gasteiger partial charge in [0.05, 0.1) is 5.56 Å². The van der Waals surface area contributed by atoms with Gasteiger partial charge in [-0.15, -0.1) is 0 Å². The lowest BCUT2D eigenvalue weighted by Crippen LogP contribution is -2.29. The molecule has 1 rings (SSSR count). The van der Waals surface area contributed by atoms with Gasteiger partial charge in [-0.25, -0.2) is 9.78 Å². The van der Waals surface area contributed by atoms with Crippen LogP contribution in [0.4, 0.5) is 5.82 Å². The van der Waals surface area contributed by atoms with Gasteiger partial charge in [0.25, 0.3) is 5.91 Å². The molecule has 1 aromatic rings. The van der Waals surface area contributed by atoms with E-state index < -0.39 is 12.0 Å². The van der Waals surface area contributed by atoms with Gasteiger partial charge in [0.2, 0.25) is 0 Å². The molecule has 2 N–H and O–H groups in total. The van der Waals surface area contributed by atoms with Crippen LogP contribution in [-0.2, 0) is 4.79 Å². The molecule has 1 heterocycles. The maximum Gasteiger partial charge on any atom is 0.326 e. The summed E-state index contributed by atoms with van der Waals surface area (Å²) in [5, 5.41) is 12.0. The standard InChI is InChI=1S/C14H21N3O3/c1-4-5-6-11(14(19)20)16-12-8-7-10(9-15-12)13(18)17(2)3/h7-9,11H,4-6H2,1-3H3,(H,15,16)(H,19,20)/t11-/m0/s1. The topological polar surface area (TPSA) is 82.5 Å². The first-order valence-electron chi connectivity index (χ1n) is 6.62. The van der Waals surface area contributed by atoms with Crippen molar-refractivity contribution in [3.8, 4) is 0 Å². The fourth-order valence-corrected chi connectivity index (χ4v) is 1.71. The van der Waals surface area contributed by atoms with Crippen LogP contribution in [0.5, 0.6) is 0 Å². The van der Waals surface area contributed by atoms with Crippen molar-refractivity contribution >= 4 is 17.7 Å². The number of carbonyl (C=O) groups is 2. The second-order valence-electron chi connectivity index (χ2n) is 4.81. The Morgan fingerprint density at radius 1 is 1.40 bits per heavy atom. The summed E-state index contributed by atoms with van der Waals surface area (Å²) >= 11 is 0. The second kappa shape index (κ2) is 7.47. The molecular formula is C14H21N3O3. The van der Waals surface area contributed by atoms with Gasteiger partial charge in [-0.3, -0.25) is 4.79 Å². The van der Waals surface area contributed by atoms with E-state index in [1.54, 1.807) is 26.2 Å². The fourth-order valence-electron chi connectivity index (χ4n) is 1.71. The van der Waals surface area contributed by atoms with Crippen molar-refractivity contribution in [1.29, 1.82) is 0 Å². The number of nitrogens with zero attached hydrogens (tertiary/aromatic N) is 2. The van der Waals surface area contributed by atoms with Crippen molar-refractivity contribution in [3.63, 3.8) is 0 Å². The normalized spacial score (nSPS) is 11.8. The van der Waals surface area contributed by atoms with Gasteiger partial charge in [-0.1, -0.05) is 19.8 Å². The third kappa shape index (κ3) is 4.53. The quantitative estimate of drug-likeness (QED) is 0.795. The number of hydrogen-bond donors (Lipinski definition) is 2. The van der Waals surface area contributed by atoms with Crippen molar-refractivity contribution in [2.45, 2.75) is 32.2 Å². The van der Waals surface area contributed by atoms with Crippen LogP contribution in [0.15, 0.2) is 18.3 Å². The zero-order valence-corrected chi connectivity index (χ0v) is 12.1. The lowest BCUT2D eigenvalue weighted by atomic mass is 10.1. The van der Waals surface area contributed by atoms with E-state index in [0.717, 1.165) is 12.8 Å². The monoisotopic (exact) mass is 279 g/mol. The largest absolute Gasteiger partial charge is 0.480 e. The number of aliphatic carboxylic acids is 1. The molecule has 0 saturated heterocycles. The molecule has 0 aromatic carbocycles. The Bertz CT molecular complexity index is 457. The molecule has 1 aromatic heterocycles. The molecule has 1 amide bonds. The van der Waals surface area contributed by atoms with E-state index in [1.807, 2.05) is 6.92 Å². The smallest absolute Gasteiger partial charge is 0.326 e. The van der Waals surface area contributed by atoms with Crippen LogP contribution in [0.2, 0.25) is 0 Å². The zero-order chi connectivity index (χ0) is 15.1. The second-order valence-corrected chi connectivity index (χ2v) is 4.81. The molecule has 0 spiro atoms. The number of unbranched alkanes of at least 4 members (excludes halogenated alkanes) is 1. The van der Waals surface area contributed by atoms with E-state index in [-0.39, 0.29) is 5.91 Å². The lowest BCUT2D eigenvalue weighted by Gasteiger charge is -2.15. The number of anilines is 1. The molecule has 0 fully saturated rings. The Balaban J connectivity index is 2.72. The van der Waals surface area contributed by atoms with Crippen molar-refractivity contribution in [2.75, 3.05) is 19.4 Å². The highest BCUT2D eigenvalue weighted by atomic mass is 16.4. The average molecular weight is 279 g/mol. The minimum absolute atomic E-state index is 0.134. The maximum atomic E-state index is 11.7. The SMILES string of the molecule is CCCC[C@H](Nc1ccc(C(=O)N(C)C)cn1)C(=O)O. The number of nitrogens with one attached hydrogen (secondary N) is 1. The average Bonchev–Trinajstić information content (AvgIpc) is 2.42. The molecule has 1 atom stereocenters. The number of aromatic nitrogens is 1. The Hall–Kier alpha value is -2.11. The van der Waals surface area contributed by atoms with E-state index in [1.165, 1.54) is 11.1 Å². The summed E-state index contributed by atoms with van der Waals surface area (Å²) in [5.74, 6) is -0.567. The number of pyridine rings is 1. The molecular weight excluding hydrogens is 258 g/mol. The molecule has 0 aliphatic rings. The van der Waals surface area contributed by atoms with E-state index in [4.69, 9.17) is 5.11 Å². The van der Waals surface area contributed by atoms with Crippen LogP contribution in [0.1, 0.15) is 36.5 Å². The molecule has 0 radical (unpaired) electrons. The first-order valence-corrected chi connectivity index (χ1v) is 6.62. The predicted octanol–water partition coefficient (Wildman–Crippen LogP) is 1.84. The van der Waals surface area contributed by atoms with Crippen LogP contribution in [0, 0.1) is 0 Å². The van der Waals surface area contributed by atoms with Gasteiger partial charge in [0.1, 0.15) is 11.9 Å². The summed E-state index contributed by atoms with van der Waals surface area (Å²) in [6.07, 6.45) is 3.77. The van der Waals surface area contributed by atoms with E-state index >= 15 is 0 Å². The molecule has 0 aliphatic heterocycles. The zero-order valence-electron chi connectivity index (χ0n) is 12.1. The maximum absolute atomic E-state index is 11.7. The van der Waals surface area contributed by atoms with Crippen LogP contribution in [0.25, 0.3) is 0 Å². The van der Waals surface area contributed by atoms with E-state index in [2.05, 4.69) is 10.3 Å². The van der Waals surface area contributed by atoms with Crippen LogP contribution in [0.3, 0.4) is 0 Å². The van der Waals surface area contributed by atoms with Gasteiger partial charge >= 0.3 is 5.97 Å². The molecule has 0 aliphatic carbocycles. The van der Waals surface area contributed by atoms with Gasteiger partial charge < -0.3 is 15.3 Å². The molecule has 110 valence electrons. The molecule has 0 saturated carbocycles. The Morgan fingerprint density at radius 3 is 2.55 bits per heavy atom. The van der Waals surface area contributed by atoms with Crippen molar-refractivity contribution < 1.29 is 14.7 Å². The molecule has 0 bridgehead atoms. The summed E-state index contributed by atoms with van der Waals surface area (Å²) in [6.45, 7) is 2.01. The number of amides is 1. The van der Waals surface area contributed by atoms with Crippen molar-refractivity contribution in [3.05, 3.63) is 23.9 Å². The first-order chi connectivity index (χ1) is 9.45. The number of carboxylic acids is 1. The molecule has 20 heavy (non-hydrogen) atoms. The highest BCUT2D eigenvalue weighted by molar-refractivity contribution is 5.93. The van der Waals surface area contributed by atoms with E-state index in [0.29, 0.717) is 17.8 Å². The number of carboxylic acid groups (broad SMARTS) is 1. The Morgan fingerprint density at radius 2 is 2.10 bits per heavy atom. The molecule has 0 unspecified atom stereocenters. The van der Waals surface area contributed by atoms with Gasteiger partial charge in [-0.05, 0) is 18.6 Å². The third-order valence-electron chi connectivity index (χ3n) is 2.88. The minimum atomic E-state index is -0.895. The molecule has 6 nitrogen and oxygen atoms in total. The van der Waals surface area contributed by atoms with Gasteiger partial charge in [0, 0.05) is 20.3 Å². The Labute approximate surface area is 118 Å². The van der Waals surface area contributed by atoms with Crippen LogP contribution < -0.4 is 5.32 Å².